The van der Waals surface area contributed by atoms with Crippen molar-refractivity contribution in [2.75, 3.05) is 25.4 Å². The van der Waals surface area contributed by atoms with Crippen molar-refractivity contribution in [3.8, 4) is 0 Å². The molecule has 0 saturated carbocycles. The van der Waals surface area contributed by atoms with Crippen LogP contribution < -0.4 is 5.32 Å². The van der Waals surface area contributed by atoms with E-state index in [1.807, 2.05) is 4.90 Å². The topological polar surface area (TPSA) is 49.4 Å². The highest BCUT2D eigenvalue weighted by atomic mass is 32.2. The number of carbonyl (C=O) groups is 2. The minimum atomic E-state index is -0.0897. The van der Waals surface area contributed by atoms with Gasteiger partial charge in [0, 0.05) is 18.0 Å². The van der Waals surface area contributed by atoms with Crippen LogP contribution in [0.5, 0.6) is 0 Å². The van der Waals surface area contributed by atoms with Crippen molar-refractivity contribution in [2.45, 2.75) is 50.8 Å². The Morgan fingerprint density at radius 1 is 1.21 bits per heavy atom. The largest absolute Gasteiger partial charge is 0.346 e. The second-order valence-corrected chi connectivity index (χ2v) is 8.40. The van der Waals surface area contributed by atoms with Gasteiger partial charge < -0.3 is 10.2 Å². The van der Waals surface area contributed by atoms with Crippen molar-refractivity contribution in [1.82, 2.24) is 10.2 Å². The molecule has 1 fully saturated rings. The lowest BCUT2D eigenvalue weighted by atomic mass is 9.87. The molecule has 0 radical (unpaired) electrons. The summed E-state index contributed by atoms with van der Waals surface area (Å²) in [4.78, 5) is 26.9. The van der Waals surface area contributed by atoms with Crippen molar-refractivity contribution in [2.24, 2.45) is 0 Å². The van der Waals surface area contributed by atoms with Crippen LogP contribution in [0.2, 0.25) is 0 Å². The van der Waals surface area contributed by atoms with Crippen LogP contribution in [0.3, 0.4) is 0 Å². The molecular weight excluding hydrogens is 320 g/mol. The first-order chi connectivity index (χ1) is 11.3. The van der Waals surface area contributed by atoms with Gasteiger partial charge in [-0.05, 0) is 42.4 Å². The molecule has 24 heavy (non-hydrogen) atoms. The van der Waals surface area contributed by atoms with E-state index in [2.05, 4.69) is 51.2 Å². The van der Waals surface area contributed by atoms with Crippen molar-refractivity contribution < 1.29 is 9.59 Å². The van der Waals surface area contributed by atoms with Crippen LogP contribution in [-0.2, 0) is 15.0 Å². The summed E-state index contributed by atoms with van der Waals surface area (Å²) in [5.74, 6) is 0.270. The number of hydrogen-bond acceptors (Lipinski definition) is 3. The second kappa shape index (κ2) is 8.06. The molecule has 4 nitrogen and oxygen atoms in total. The number of aryl methyl sites for hydroxylation is 1. The molecule has 0 atom stereocenters. The van der Waals surface area contributed by atoms with Crippen LogP contribution in [0.4, 0.5) is 0 Å². The highest BCUT2D eigenvalue weighted by Gasteiger charge is 2.18. The fourth-order valence-electron chi connectivity index (χ4n) is 2.67. The minimum Gasteiger partial charge on any atom is -0.346 e. The van der Waals surface area contributed by atoms with Gasteiger partial charge >= 0.3 is 0 Å². The Labute approximate surface area is 149 Å². The van der Waals surface area contributed by atoms with Gasteiger partial charge in [-0.2, -0.15) is 0 Å². The van der Waals surface area contributed by atoms with E-state index in [9.17, 15) is 9.59 Å². The zero-order valence-corrected chi connectivity index (χ0v) is 16.0. The number of hydrogen-bond donors (Lipinski definition) is 1. The van der Waals surface area contributed by atoms with Gasteiger partial charge in [-0.3, -0.25) is 9.59 Å². The lowest BCUT2D eigenvalue weighted by Gasteiger charge is -2.20. The Morgan fingerprint density at radius 3 is 2.50 bits per heavy atom. The summed E-state index contributed by atoms with van der Waals surface area (Å²) < 4.78 is 0. The molecule has 0 spiro atoms. The molecule has 0 bridgehead atoms. The maximum absolute atomic E-state index is 12.0. The van der Waals surface area contributed by atoms with Gasteiger partial charge in [-0.15, -0.1) is 11.8 Å². The Bertz CT molecular complexity index is 602. The maximum Gasteiger partial charge on any atom is 0.241 e. The molecule has 2 rings (SSSR count). The fraction of sp³-hybridized carbons (Fsp3) is 0.579. The summed E-state index contributed by atoms with van der Waals surface area (Å²) >= 11 is 1.53. The molecule has 5 heteroatoms. The molecule has 1 aliphatic rings. The van der Waals surface area contributed by atoms with Gasteiger partial charge in [0.25, 0.3) is 0 Å². The zero-order chi connectivity index (χ0) is 17.7. The lowest BCUT2D eigenvalue weighted by Crippen LogP contribution is -2.39. The van der Waals surface area contributed by atoms with Crippen LogP contribution in [0.15, 0.2) is 23.1 Å². The van der Waals surface area contributed by atoms with Crippen LogP contribution in [0, 0.1) is 6.92 Å². The van der Waals surface area contributed by atoms with E-state index in [0.29, 0.717) is 5.75 Å². The van der Waals surface area contributed by atoms with Crippen molar-refractivity contribution in [3.63, 3.8) is 0 Å². The normalized spacial score (nSPS) is 14.8. The molecule has 1 aromatic rings. The third kappa shape index (κ3) is 5.26. The van der Waals surface area contributed by atoms with Crippen LogP contribution in [0.1, 0.15) is 44.7 Å². The highest BCUT2D eigenvalue weighted by molar-refractivity contribution is 8.00. The molecule has 2 amide bonds. The van der Waals surface area contributed by atoms with E-state index in [0.717, 1.165) is 30.8 Å². The summed E-state index contributed by atoms with van der Waals surface area (Å²) in [6, 6.07) is 6.43. The van der Waals surface area contributed by atoms with E-state index < -0.39 is 0 Å². The summed E-state index contributed by atoms with van der Waals surface area (Å²) in [5.41, 5.74) is 2.53. The molecule has 1 aromatic carbocycles. The number of nitrogens with one attached hydrogen (secondary N) is 1. The van der Waals surface area contributed by atoms with Gasteiger partial charge in [0.15, 0.2) is 0 Å². The number of amides is 2. The number of carbonyl (C=O) groups excluding carboxylic acids is 2. The van der Waals surface area contributed by atoms with Crippen molar-refractivity contribution >= 4 is 23.6 Å². The minimum absolute atomic E-state index is 0.0248. The molecular formula is C19H28N2O2S. The first-order valence-corrected chi connectivity index (χ1v) is 9.54. The molecule has 1 N–H and O–H groups in total. The van der Waals surface area contributed by atoms with Gasteiger partial charge in [0.05, 0.1) is 12.3 Å². The van der Waals surface area contributed by atoms with Gasteiger partial charge in [0.1, 0.15) is 0 Å². The SMILES string of the molecule is Cc1ccc(C(C)(C)C)cc1SCC(=O)NCC(=O)N1CCCC1. The molecule has 1 aliphatic heterocycles. The van der Waals surface area contributed by atoms with E-state index in [4.69, 9.17) is 0 Å². The van der Waals surface area contributed by atoms with E-state index in [1.165, 1.54) is 22.9 Å². The first kappa shape index (κ1) is 18.8. The smallest absolute Gasteiger partial charge is 0.241 e. The second-order valence-electron chi connectivity index (χ2n) is 7.38. The number of nitrogens with zero attached hydrogens (tertiary/aromatic N) is 1. The van der Waals surface area contributed by atoms with Crippen molar-refractivity contribution in [1.29, 1.82) is 0 Å². The number of benzene rings is 1. The number of rotatable bonds is 5. The summed E-state index contributed by atoms with van der Waals surface area (Å²) in [5, 5.41) is 2.74. The Kier molecular flexibility index (Phi) is 6.33. The van der Waals surface area contributed by atoms with Crippen LogP contribution in [-0.4, -0.2) is 42.1 Å². The van der Waals surface area contributed by atoms with E-state index in [1.54, 1.807) is 0 Å². The van der Waals surface area contributed by atoms with E-state index in [-0.39, 0.29) is 23.8 Å². The average molecular weight is 349 g/mol. The monoisotopic (exact) mass is 348 g/mol. The van der Waals surface area contributed by atoms with Gasteiger partial charge in [-0.1, -0.05) is 32.9 Å². The van der Waals surface area contributed by atoms with E-state index >= 15 is 0 Å². The quantitative estimate of drug-likeness (QED) is 0.832. The maximum atomic E-state index is 12.0. The summed E-state index contributed by atoms with van der Waals surface area (Å²) in [6.45, 7) is 10.4. The fourth-order valence-corrected chi connectivity index (χ4v) is 3.56. The van der Waals surface area contributed by atoms with Crippen molar-refractivity contribution in [3.05, 3.63) is 29.3 Å². The Morgan fingerprint density at radius 2 is 1.88 bits per heavy atom. The molecule has 1 heterocycles. The standard InChI is InChI=1S/C19H28N2O2S/c1-14-7-8-15(19(2,3)4)11-16(14)24-13-17(22)20-12-18(23)21-9-5-6-10-21/h7-8,11H,5-6,9-10,12-13H2,1-4H3,(H,20,22). The number of likely N-dealkylation sites (tertiary alicyclic amines) is 1. The first-order valence-electron chi connectivity index (χ1n) is 8.56. The summed E-state index contributed by atoms with van der Waals surface area (Å²) in [7, 11) is 0. The van der Waals surface area contributed by atoms with Crippen LogP contribution >= 0.6 is 11.8 Å². The zero-order valence-electron chi connectivity index (χ0n) is 15.1. The predicted octanol–water partition coefficient (Wildman–Crippen LogP) is 3.12. The third-order valence-electron chi connectivity index (χ3n) is 4.31. The molecule has 0 aromatic heterocycles. The third-order valence-corrected chi connectivity index (χ3v) is 5.47. The summed E-state index contributed by atoms with van der Waals surface area (Å²) in [6.07, 6.45) is 2.14. The van der Waals surface area contributed by atoms with Gasteiger partial charge in [0.2, 0.25) is 11.8 Å². The van der Waals surface area contributed by atoms with Gasteiger partial charge in [-0.25, -0.2) is 0 Å². The van der Waals surface area contributed by atoms with Crippen LogP contribution in [0.25, 0.3) is 0 Å². The molecule has 132 valence electrons. The molecule has 0 unspecified atom stereocenters. The predicted molar refractivity (Wildman–Crippen MR) is 99.4 cm³/mol. The highest BCUT2D eigenvalue weighted by Crippen LogP contribution is 2.29. The average Bonchev–Trinajstić information content (AvgIpc) is 3.05. The molecule has 0 aliphatic carbocycles. The Balaban J connectivity index is 1.84. The lowest BCUT2D eigenvalue weighted by molar-refractivity contribution is -0.131. The Hall–Kier alpha value is -1.49. The number of thioether (sulfide) groups is 1. The molecule has 1 saturated heterocycles.